The van der Waals surface area contributed by atoms with Gasteiger partial charge in [-0.2, -0.15) is 0 Å². The second-order valence-electron chi connectivity index (χ2n) is 20.1. The quantitative estimate of drug-likeness (QED) is 0.0377. The second-order valence-corrected chi connectivity index (χ2v) is 26.8. The van der Waals surface area contributed by atoms with Gasteiger partial charge in [0.15, 0.2) is 35.4 Å². The summed E-state index contributed by atoms with van der Waals surface area (Å²) in [6.45, 7) is 16.5. The first kappa shape index (κ1) is 53.5. The predicted molar refractivity (Wildman–Crippen MR) is 266 cm³/mol. The molecule has 0 unspecified atom stereocenters. The molecule has 1 spiro atoms. The van der Waals surface area contributed by atoms with Gasteiger partial charge in [0.2, 0.25) is 0 Å². The van der Waals surface area contributed by atoms with Gasteiger partial charge >= 0.3 is 0 Å². The number of hydrogen-bond acceptors (Lipinski definition) is 12. The van der Waals surface area contributed by atoms with Gasteiger partial charge in [0.25, 0.3) is 0 Å². The SMILES string of the molecule is COc1ccc(O[C@H]([C@H](C)[C@@H](C[C@@H]2C[C@H](OC)C[C@@]3(C[C@@H](O[Si](C)(C)C(C)(C)C)C[C@H](COCc4ccccc4)O3)O2)OCOCc2ccccc2)[C@H](C)CS(=O)(=O)c2ccccc2)cc1OC. The fourth-order valence-electron chi connectivity index (χ4n) is 9.17. The van der Waals surface area contributed by atoms with Gasteiger partial charge in [-0.25, -0.2) is 8.42 Å². The number of rotatable bonds is 24. The molecule has 68 heavy (non-hydrogen) atoms. The molecule has 4 aromatic carbocycles. The molecule has 0 N–H and O–H groups in total. The van der Waals surface area contributed by atoms with Crippen LogP contribution in [0.15, 0.2) is 114 Å². The highest BCUT2D eigenvalue weighted by Gasteiger charge is 2.52. The van der Waals surface area contributed by atoms with Gasteiger partial charge in [-0.3, -0.25) is 0 Å². The van der Waals surface area contributed by atoms with Gasteiger partial charge in [0.1, 0.15) is 18.6 Å². The van der Waals surface area contributed by atoms with Crippen LogP contribution in [0, 0.1) is 11.8 Å². The largest absolute Gasteiger partial charge is 0.493 e. The molecule has 0 aliphatic carbocycles. The fraction of sp³-hybridized carbons (Fsp3) is 0.556. The summed E-state index contributed by atoms with van der Waals surface area (Å²) in [5.41, 5.74) is 2.11. The Balaban J connectivity index is 1.31. The molecule has 374 valence electrons. The summed E-state index contributed by atoms with van der Waals surface area (Å²) in [4.78, 5) is 0.255. The van der Waals surface area contributed by atoms with E-state index >= 15 is 0 Å². The molecule has 0 saturated carbocycles. The maximum absolute atomic E-state index is 14.0. The zero-order chi connectivity index (χ0) is 49.0. The molecule has 2 saturated heterocycles. The molecule has 4 aromatic rings. The van der Waals surface area contributed by atoms with Crippen LogP contribution in [0.3, 0.4) is 0 Å². The monoisotopic (exact) mass is 976 g/mol. The van der Waals surface area contributed by atoms with Crippen molar-refractivity contribution >= 4 is 18.2 Å². The maximum atomic E-state index is 14.0. The summed E-state index contributed by atoms with van der Waals surface area (Å²) in [5.74, 6) is -0.559. The third-order valence-corrected chi connectivity index (χ3v) is 20.2. The van der Waals surface area contributed by atoms with E-state index < -0.39 is 54.1 Å². The summed E-state index contributed by atoms with van der Waals surface area (Å²) in [6, 6.07) is 34.0. The molecule has 9 atom stereocenters. The van der Waals surface area contributed by atoms with Crippen LogP contribution < -0.4 is 14.2 Å². The Kier molecular flexibility index (Phi) is 19.1. The molecule has 0 radical (unpaired) electrons. The maximum Gasteiger partial charge on any atom is 0.192 e. The van der Waals surface area contributed by atoms with E-state index in [-0.39, 0.29) is 40.8 Å². The zero-order valence-electron chi connectivity index (χ0n) is 41.9. The Hall–Kier alpha value is -3.83. The third kappa shape index (κ3) is 14.8. The molecule has 14 heteroatoms. The lowest BCUT2D eigenvalue weighted by Crippen LogP contribution is -2.58. The highest BCUT2D eigenvalue weighted by Crippen LogP contribution is 2.46. The van der Waals surface area contributed by atoms with Crippen LogP contribution in [0.5, 0.6) is 17.2 Å². The minimum atomic E-state index is -3.71. The van der Waals surface area contributed by atoms with E-state index in [9.17, 15) is 8.42 Å². The molecular formula is C54H76O12SSi. The van der Waals surface area contributed by atoms with Gasteiger partial charge in [0.05, 0.1) is 75.2 Å². The fourth-order valence-corrected chi connectivity index (χ4v) is 12.2. The van der Waals surface area contributed by atoms with E-state index in [4.69, 9.17) is 47.1 Å². The first-order valence-electron chi connectivity index (χ1n) is 24.0. The Morgan fingerprint density at radius 1 is 0.735 bits per heavy atom. The highest BCUT2D eigenvalue weighted by molar-refractivity contribution is 7.91. The van der Waals surface area contributed by atoms with Crippen LogP contribution >= 0.6 is 0 Å². The molecule has 2 aliphatic heterocycles. The number of sulfone groups is 1. The summed E-state index contributed by atoms with van der Waals surface area (Å²) in [5, 5.41) is -0.000791. The van der Waals surface area contributed by atoms with Crippen LogP contribution in [0.4, 0.5) is 0 Å². The van der Waals surface area contributed by atoms with Crippen molar-refractivity contribution in [3.05, 3.63) is 120 Å². The van der Waals surface area contributed by atoms with Crippen LogP contribution in [0.2, 0.25) is 18.1 Å². The molecule has 0 bridgehead atoms. The van der Waals surface area contributed by atoms with Gasteiger partial charge in [-0.05, 0) is 53.5 Å². The van der Waals surface area contributed by atoms with E-state index in [1.807, 2.05) is 62.4 Å². The number of benzene rings is 4. The standard InChI is InChI=1S/C54H76O12SSi/c1-39(37-67(55,56)48-24-18-13-19-25-48)52(63-43-26-27-49(58-7)51(30-43)59-8)40(2)50(62-38-61-35-42-22-16-12-17-23-42)31-44-28-45(57-6)32-54(64-44)33-46(66-68(9,10)53(3,4)5)29-47(65-54)36-60-34-41-20-14-11-15-21-41/h11-27,30,39-40,44-47,50,52H,28-29,31-38H2,1-10H3/t39-,40-,44+,45+,46+,47-,50-,52+,54-/m1/s1. The van der Waals surface area contributed by atoms with E-state index in [0.29, 0.717) is 69.2 Å². The van der Waals surface area contributed by atoms with Gasteiger partial charge < -0.3 is 47.1 Å². The number of methoxy groups -OCH3 is 3. The lowest BCUT2D eigenvalue weighted by molar-refractivity contribution is -0.345. The predicted octanol–water partition coefficient (Wildman–Crippen LogP) is 10.8. The smallest absolute Gasteiger partial charge is 0.192 e. The Labute approximate surface area is 407 Å². The minimum Gasteiger partial charge on any atom is -0.493 e. The van der Waals surface area contributed by atoms with Crippen molar-refractivity contribution in [2.24, 2.45) is 11.8 Å². The minimum absolute atomic E-state index is 0.000791. The molecular weight excluding hydrogens is 901 g/mol. The van der Waals surface area contributed by atoms with Crippen molar-refractivity contribution in [1.82, 2.24) is 0 Å². The molecule has 2 fully saturated rings. The van der Waals surface area contributed by atoms with Crippen LogP contribution in [0.1, 0.15) is 77.8 Å². The average molecular weight is 977 g/mol. The first-order chi connectivity index (χ1) is 32.4. The van der Waals surface area contributed by atoms with Crippen molar-refractivity contribution in [2.75, 3.05) is 40.5 Å². The summed E-state index contributed by atoms with van der Waals surface area (Å²) < 4.78 is 93.1. The second kappa shape index (κ2) is 24.3. The van der Waals surface area contributed by atoms with Crippen LogP contribution in [0.25, 0.3) is 0 Å². The summed E-state index contributed by atoms with van der Waals surface area (Å²) in [7, 11) is -1.03. The van der Waals surface area contributed by atoms with Crippen LogP contribution in [-0.2, 0) is 55.9 Å². The highest BCUT2D eigenvalue weighted by atomic mass is 32.2. The van der Waals surface area contributed by atoms with Crippen LogP contribution in [-0.4, -0.2) is 99.6 Å². The first-order valence-corrected chi connectivity index (χ1v) is 28.6. The lowest BCUT2D eigenvalue weighted by atomic mass is 9.84. The van der Waals surface area contributed by atoms with Crippen molar-refractivity contribution in [2.45, 2.75) is 145 Å². The van der Waals surface area contributed by atoms with E-state index in [1.54, 1.807) is 69.9 Å². The molecule has 12 nitrogen and oxygen atoms in total. The van der Waals surface area contributed by atoms with E-state index in [0.717, 1.165) is 11.1 Å². The molecule has 2 aliphatic rings. The number of hydrogen-bond donors (Lipinski definition) is 0. The van der Waals surface area contributed by atoms with Crippen molar-refractivity contribution < 1.29 is 55.5 Å². The van der Waals surface area contributed by atoms with Crippen molar-refractivity contribution in [1.29, 1.82) is 0 Å². The Morgan fingerprint density at radius 2 is 1.31 bits per heavy atom. The van der Waals surface area contributed by atoms with Gasteiger partial charge in [-0.1, -0.05) is 113 Å². The number of ether oxygens (including phenoxy) is 9. The van der Waals surface area contributed by atoms with E-state index in [1.165, 1.54) is 0 Å². The van der Waals surface area contributed by atoms with Crippen molar-refractivity contribution in [3.8, 4) is 17.2 Å². The topological polar surface area (TPSA) is 126 Å². The normalized spacial score (nSPS) is 23.1. The Bertz CT molecular complexity index is 2220. The average Bonchev–Trinajstić information content (AvgIpc) is 3.31. The van der Waals surface area contributed by atoms with Gasteiger partial charge in [-0.15, -0.1) is 0 Å². The van der Waals surface area contributed by atoms with E-state index in [2.05, 4.69) is 46.0 Å². The zero-order valence-corrected chi connectivity index (χ0v) is 43.7. The molecule has 0 amide bonds. The third-order valence-electron chi connectivity index (χ3n) is 13.8. The summed E-state index contributed by atoms with van der Waals surface area (Å²) in [6.07, 6.45) is 0.522. The van der Waals surface area contributed by atoms with Gasteiger partial charge in [0, 0.05) is 57.1 Å². The molecule has 0 aromatic heterocycles. The lowest BCUT2D eigenvalue weighted by Gasteiger charge is -2.52. The molecule has 6 rings (SSSR count). The molecule has 2 heterocycles. The van der Waals surface area contributed by atoms with Crippen molar-refractivity contribution in [3.63, 3.8) is 0 Å². The summed E-state index contributed by atoms with van der Waals surface area (Å²) >= 11 is 0. The Morgan fingerprint density at radius 3 is 1.91 bits per heavy atom.